The minimum Gasteiger partial charge on any atom is -0.311 e. The van der Waals surface area contributed by atoms with Gasteiger partial charge in [0.1, 0.15) is 0 Å². The summed E-state index contributed by atoms with van der Waals surface area (Å²) in [5.74, 6) is 0.559. The van der Waals surface area contributed by atoms with Crippen molar-refractivity contribution >= 4 is 17.8 Å². The van der Waals surface area contributed by atoms with E-state index in [4.69, 9.17) is 17.3 Å². The second-order valence-corrected chi connectivity index (χ2v) is 6.62. The second kappa shape index (κ2) is 10.8. The van der Waals surface area contributed by atoms with Gasteiger partial charge in [0.25, 0.3) is 0 Å². The maximum absolute atomic E-state index is 6.17. The highest BCUT2D eigenvalue weighted by Crippen LogP contribution is 2.23. The molecule has 0 aromatic carbocycles. The minimum absolute atomic E-state index is 0.107. The molecule has 0 heterocycles. The topological polar surface area (TPSA) is 41.6 Å². The van der Waals surface area contributed by atoms with Crippen molar-refractivity contribution in [2.75, 3.05) is 26.0 Å². The minimum atomic E-state index is -0.107. The van der Waals surface area contributed by atoms with E-state index < -0.39 is 0 Å². The monoisotopic (exact) mass is 337 g/mol. The van der Waals surface area contributed by atoms with Crippen LogP contribution in [0.15, 0.2) is 39.4 Å². The standard InChI is InChI=1S/C19H32ClN3/c1-5-6-7-10-23(4)19(21)14-22-13-17-9-8-15(2)18(12-20)11-16(17)3/h8,11,14,19H,5-7,9-10,12-13,21H2,1-4H3/b22-14+. The molecule has 1 aliphatic carbocycles. The van der Waals surface area contributed by atoms with E-state index >= 15 is 0 Å². The van der Waals surface area contributed by atoms with Gasteiger partial charge < -0.3 is 5.73 Å². The molecular weight excluding hydrogens is 306 g/mol. The lowest BCUT2D eigenvalue weighted by atomic mass is 10.1. The number of alkyl halides is 1. The van der Waals surface area contributed by atoms with Crippen LogP contribution in [-0.4, -0.2) is 43.3 Å². The van der Waals surface area contributed by atoms with Gasteiger partial charge in [-0.15, -0.1) is 11.6 Å². The highest BCUT2D eigenvalue weighted by Gasteiger charge is 2.09. The lowest BCUT2D eigenvalue weighted by molar-refractivity contribution is 0.298. The molecule has 0 bridgehead atoms. The van der Waals surface area contributed by atoms with E-state index in [1.54, 1.807) is 0 Å². The summed E-state index contributed by atoms with van der Waals surface area (Å²) in [4.78, 5) is 6.73. The summed E-state index contributed by atoms with van der Waals surface area (Å²) in [7, 11) is 2.06. The zero-order valence-corrected chi connectivity index (χ0v) is 15.9. The number of halogens is 1. The van der Waals surface area contributed by atoms with E-state index in [0.717, 1.165) is 13.0 Å². The Morgan fingerprint density at radius 1 is 1.39 bits per heavy atom. The largest absolute Gasteiger partial charge is 0.311 e. The highest BCUT2D eigenvalue weighted by atomic mass is 35.5. The van der Waals surface area contributed by atoms with Gasteiger partial charge in [-0.1, -0.05) is 37.5 Å². The van der Waals surface area contributed by atoms with E-state index in [9.17, 15) is 0 Å². The van der Waals surface area contributed by atoms with Gasteiger partial charge in [0.2, 0.25) is 0 Å². The zero-order chi connectivity index (χ0) is 17.2. The summed E-state index contributed by atoms with van der Waals surface area (Å²) in [6, 6.07) is 0. The van der Waals surface area contributed by atoms with Crippen LogP contribution in [0.2, 0.25) is 0 Å². The first kappa shape index (κ1) is 20.1. The van der Waals surface area contributed by atoms with Crippen LogP contribution in [0.5, 0.6) is 0 Å². The molecule has 3 nitrogen and oxygen atoms in total. The van der Waals surface area contributed by atoms with Crippen molar-refractivity contribution in [1.29, 1.82) is 0 Å². The van der Waals surface area contributed by atoms with Crippen molar-refractivity contribution in [3.05, 3.63) is 34.4 Å². The molecule has 130 valence electrons. The van der Waals surface area contributed by atoms with Gasteiger partial charge in [-0.3, -0.25) is 9.89 Å². The third-order valence-corrected chi connectivity index (χ3v) is 4.71. The molecule has 2 N–H and O–H groups in total. The Balaban J connectivity index is 2.58. The molecule has 1 atom stereocenters. The fourth-order valence-corrected chi connectivity index (χ4v) is 2.81. The molecule has 0 spiro atoms. The molecule has 0 amide bonds. The molecule has 0 aromatic heterocycles. The molecule has 0 saturated carbocycles. The van der Waals surface area contributed by atoms with Crippen molar-refractivity contribution in [3.63, 3.8) is 0 Å². The molecule has 0 fully saturated rings. The molecule has 0 radical (unpaired) electrons. The first-order valence-electron chi connectivity index (χ1n) is 8.57. The number of hydrogen-bond donors (Lipinski definition) is 1. The van der Waals surface area contributed by atoms with E-state index in [2.05, 4.69) is 49.9 Å². The third-order valence-electron chi connectivity index (χ3n) is 4.42. The number of unbranched alkanes of at least 4 members (excludes halogenated alkanes) is 2. The van der Waals surface area contributed by atoms with E-state index in [-0.39, 0.29) is 6.17 Å². The molecule has 1 rings (SSSR count). The summed E-state index contributed by atoms with van der Waals surface area (Å²) < 4.78 is 0. The van der Waals surface area contributed by atoms with Crippen molar-refractivity contribution < 1.29 is 0 Å². The Hall–Kier alpha value is -0.900. The quantitative estimate of drug-likeness (QED) is 0.295. The number of nitrogens with two attached hydrogens (primary N) is 1. The highest BCUT2D eigenvalue weighted by molar-refractivity contribution is 6.19. The number of nitrogens with zero attached hydrogens (tertiary/aromatic N) is 2. The number of hydrogen-bond acceptors (Lipinski definition) is 3. The fraction of sp³-hybridized carbons (Fsp3) is 0.632. The second-order valence-electron chi connectivity index (χ2n) is 6.35. The summed E-state index contributed by atoms with van der Waals surface area (Å²) in [5.41, 5.74) is 11.2. The maximum Gasteiger partial charge on any atom is 0.0933 e. The number of rotatable bonds is 9. The first-order chi connectivity index (χ1) is 11.0. The SMILES string of the molecule is CCCCCN(C)C(N)/C=N/CC1=C(C)C=C(CCl)C(C)=CC1. The summed E-state index contributed by atoms with van der Waals surface area (Å²) >= 11 is 6.01. The molecular formula is C19H32ClN3. The van der Waals surface area contributed by atoms with Crippen LogP contribution in [0.1, 0.15) is 46.5 Å². The van der Waals surface area contributed by atoms with Gasteiger partial charge in [-0.25, -0.2) is 0 Å². The predicted molar refractivity (Wildman–Crippen MR) is 103 cm³/mol. The van der Waals surface area contributed by atoms with Crippen LogP contribution < -0.4 is 5.73 Å². The van der Waals surface area contributed by atoms with Gasteiger partial charge in [0.05, 0.1) is 12.7 Å². The molecule has 4 heteroatoms. The maximum atomic E-state index is 6.17. The van der Waals surface area contributed by atoms with Crippen LogP contribution in [0.3, 0.4) is 0 Å². The van der Waals surface area contributed by atoms with E-state index in [1.165, 1.54) is 41.6 Å². The van der Waals surface area contributed by atoms with Gasteiger partial charge >= 0.3 is 0 Å². The number of aliphatic imine (C=N–C) groups is 1. The van der Waals surface area contributed by atoms with E-state index in [0.29, 0.717) is 12.4 Å². The molecule has 1 unspecified atom stereocenters. The van der Waals surface area contributed by atoms with Crippen LogP contribution in [0.4, 0.5) is 0 Å². The molecule has 0 aromatic rings. The smallest absolute Gasteiger partial charge is 0.0933 e. The van der Waals surface area contributed by atoms with Crippen molar-refractivity contribution in [3.8, 4) is 0 Å². The van der Waals surface area contributed by atoms with E-state index in [1.807, 2.05) is 6.21 Å². The zero-order valence-electron chi connectivity index (χ0n) is 15.1. The molecule has 23 heavy (non-hydrogen) atoms. The summed E-state index contributed by atoms with van der Waals surface area (Å²) in [6.45, 7) is 8.20. The van der Waals surface area contributed by atoms with Crippen molar-refractivity contribution in [1.82, 2.24) is 4.90 Å². The van der Waals surface area contributed by atoms with Crippen LogP contribution in [0.25, 0.3) is 0 Å². The lowest BCUT2D eigenvalue weighted by Gasteiger charge is -2.20. The van der Waals surface area contributed by atoms with Crippen LogP contribution in [0, 0.1) is 0 Å². The predicted octanol–water partition coefficient (Wildman–Crippen LogP) is 4.30. The normalized spacial score (nSPS) is 17.5. The van der Waals surface area contributed by atoms with Gasteiger partial charge in [0.15, 0.2) is 0 Å². The van der Waals surface area contributed by atoms with Gasteiger partial charge in [-0.2, -0.15) is 0 Å². The Bertz CT molecular complexity index is 489. The Kier molecular flexibility index (Phi) is 9.46. The third kappa shape index (κ3) is 7.03. The van der Waals surface area contributed by atoms with Crippen LogP contribution >= 0.6 is 11.6 Å². The first-order valence-corrected chi connectivity index (χ1v) is 9.11. The van der Waals surface area contributed by atoms with Gasteiger partial charge in [-0.05, 0) is 57.0 Å². The Morgan fingerprint density at radius 3 is 2.78 bits per heavy atom. The molecule has 1 aliphatic rings. The number of allylic oxidation sites excluding steroid dienone is 5. The van der Waals surface area contributed by atoms with Crippen molar-refractivity contribution in [2.24, 2.45) is 10.7 Å². The van der Waals surface area contributed by atoms with Crippen molar-refractivity contribution in [2.45, 2.75) is 52.6 Å². The molecule has 0 aliphatic heterocycles. The lowest BCUT2D eigenvalue weighted by Crippen LogP contribution is -2.41. The van der Waals surface area contributed by atoms with Gasteiger partial charge in [0, 0.05) is 12.1 Å². The summed E-state index contributed by atoms with van der Waals surface area (Å²) in [6.07, 6.45) is 10.8. The average molecular weight is 338 g/mol. The summed E-state index contributed by atoms with van der Waals surface area (Å²) in [5, 5.41) is 0. The Labute approximate surface area is 147 Å². The average Bonchev–Trinajstić information content (AvgIpc) is 2.67. The molecule has 0 saturated heterocycles. The van der Waals surface area contributed by atoms with Crippen LogP contribution in [-0.2, 0) is 0 Å². The Morgan fingerprint density at radius 2 is 2.13 bits per heavy atom. The fourth-order valence-electron chi connectivity index (χ4n) is 2.52.